The number of halogens is 1. The van der Waals surface area contributed by atoms with Crippen LogP contribution in [0.4, 0.5) is 15.8 Å². The van der Waals surface area contributed by atoms with Crippen LogP contribution in [0.1, 0.15) is 19.3 Å². The van der Waals surface area contributed by atoms with Crippen molar-refractivity contribution in [2.45, 2.75) is 24.8 Å². The fourth-order valence-corrected chi connectivity index (χ4v) is 2.16. The van der Waals surface area contributed by atoms with E-state index < -0.39 is 22.0 Å². The van der Waals surface area contributed by atoms with E-state index in [1.54, 1.807) is 0 Å². The van der Waals surface area contributed by atoms with Gasteiger partial charge in [0, 0.05) is 6.07 Å². The maximum Gasteiger partial charge on any atom is 0.313 e. The van der Waals surface area contributed by atoms with Gasteiger partial charge < -0.3 is 15.2 Å². The molecule has 2 N–H and O–H groups in total. The molecule has 0 saturated heterocycles. The highest BCUT2D eigenvalue weighted by Gasteiger charge is 2.37. The van der Waals surface area contributed by atoms with E-state index in [4.69, 9.17) is 4.74 Å². The lowest BCUT2D eigenvalue weighted by Gasteiger charge is -2.41. The Morgan fingerprint density at radius 3 is 2.68 bits per heavy atom. The van der Waals surface area contributed by atoms with Crippen LogP contribution in [0.2, 0.25) is 0 Å². The second-order valence-electron chi connectivity index (χ2n) is 4.68. The van der Waals surface area contributed by atoms with Gasteiger partial charge in [-0.1, -0.05) is 0 Å². The van der Waals surface area contributed by atoms with Gasteiger partial charge in [0.15, 0.2) is 11.6 Å². The van der Waals surface area contributed by atoms with Crippen molar-refractivity contribution >= 4 is 11.4 Å². The number of anilines is 1. The van der Waals surface area contributed by atoms with Crippen LogP contribution in [0.25, 0.3) is 0 Å². The fraction of sp³-hybridized carbons (Fsp3) is 0.500. The molecule has 19 heavy (non-hydrogen) atoms. The molecule has 104 valence electrons. The molecule has 0 radical (unpaired) electrons. The normalized spacial score (nSPS) is 16.6. The Kier molecular flexibility index (Phi) is 3.57. The molecule has 1 aromatic rings. The molecule has 2 rings (SSSR count). The number of benzene rings is 1. The molecular weight excluding hydrogens is 255 g/mol. The molecule has 1 fully saturated rings. The largest absolute Gasteiger partial charge is 0.490 e. The van der Waals surface area contributed by atoms with Gasteiger partial charge in [0.05, 0.1) is 35.9 Å². The Balaban J connectivity index is 2.33. The lowest BCUT2D eigenvalue weighted by atomic mass is 9.77. The Morgan fingerprint density at radius 2 is 2.26 bits per heavy atom. The first-order chi connectivity index (χ1) is 9.01. The van der Waals surface area contributed by atoms with Crippen LogP contribution in [0.3, 0.4) is 0 Å². The van der Waals surface area contributed by atoms with Crippen molar-refractivity contribution in [2.75, 3.05) is 19.0 Å². The van der Waals surface area contributed by atoms with Crippen LogP contribution in [-0.4, -0.2) is 29.3 Å². The summed E-state index contributed by atoms with van der Waals surface area (Å²) >= 11 is 0. The summed E-state index contributed by atoms with van der Waals surface area (Å²) in [6.07, 6.45) is 2.43. The maximum atomic E-state index is 13.8. The minimum Gasteiger partial charge on any atom is -0.490 e. The lowest BCUT2D eigenvalue weighted by molar-refractivity contribution is -0.385. The third-order valence-electron chi connectivity index (χ3n) is 3.48. The molecule has 1 aliphatic rings. The monoisotopic (exact) mass is 270 g/mol. The van der Waals surface area contributed by atoms with E-state index in [-0.39, 0.29) is 18.0 Å². The van der Waals surface area contributed by atoms with Gasteiger partial charge in [-0.05, 0) is 19.3 Å². The lowest BCUT2D eigenvalue weighted by Crippen LogP contribution is -2.48. The van der Waals surface area contributed by atoms with E-state index in [2.05, 4.69) is 5.32 Å². The third kappa shape index (κ3) is 2.46. The highest BCUT2D eigenvalue weighted by atomic mass is 19.1. The van der Waals surface area contributed by atoms with Crippen molar-refractivity contribution in [2.24, 2.45) is 0 Å². The molecule has 0 bridgehead atoms. The Hall–Kier alpha value is -1.89. The summed E-state index contributed by atoms with van der Waals surface area (Å²) in [5.74, 6) is -0.742. The number of rotatable bonds is 5. The van der Waals surface area contributed by atoms with Gasteiger partial charge in [0.1, 0.15) is 0 Å². The van der Waals surface area contributed by atoms with Gasteiger partial charge in [-0.2, -0.15) is 0 Å². The van der Waals surface area contributed by atoms with Crippen LogP contribution in [0.15, 0.2) is 12.1 Å². The Labute approximate surface area is 109 Å². The molecular formula is C12H15FN2O4. The minimum absolute atomic E-state index is 0.0127. The second-order valence-corrected chi connectivity index (χ2v) is 4.68. The summed E-state index contributed by atoms with van der Waals surface area (Å²) in [5.41, 5.74) is -0.837. The van der Waals surface area contributed by atoms with Gasteiger partial charge >= 0.3 is 5.69 Å². The van der Waals surface area contributed by atoms with Gasteiger partial charge in [0.25, 0.3) is 0 Å². The zero-order chi connectivity index (χ0) is 14.0. The summed E-state index contributed by atoms with van der Waals surface area (Å²) in [5, 5.41) is 23.0. The molecule has 1 saturated carbocycles. The van der Waals surface area contributed by atoms with Crippen LogP contribution in [0.5, 0.6) is 5.75 Å². The van der Waals surface area contributed by atoms with Crippen molar-refractivity contribution in [1.82, 2.24) is 0 Å². The first-order valence-electron chi connectivity index (χ1n) is 5.92. The van der Waals surface area contributed by atoms with Crippen molar-refractivity contribution in [3.8, 4) is 5.75 Å². The number of hydrogen-bond donors (Lipinski definition) is 2. The first kappa shape index (κ1) is 13.5. The van der Waals surface area contributed by atoms with Crippen LogP contribution >= 0.6 is 0 Å². The number of nitro groups is 1. The van der Waals surface area contributed by atoms with Crippen LogP contribution < -0.4 is 10.1 Å². The minimum atomic E-state index is -0.729. The summed E-state index contributed by atoms with van der Waals surface area (Å²) in [6, 6.07) is 2.08. The number of methoxy groups -OCH3 is 1. The number of hydrogen-bond acceptors (Lipinski definition) is 5. The topological polar surface area (TPSA) is 84.6 Å². The Bertz CT molecular complexity index is 497. The van der Waals surface area contributed by atoms with Crippen LogP contribution in [-0.2, 0) is 0 Å². The van der Waals surface area contributed by atoms with Crippen molar-refractivity contribution in [3.05, 3.63) is 28.1 Å². The van der Waals surface area contributed by atoms with Gasteiger partial charge in [-0.3, -0.25) is 10.1 Å². The smallest absolute Gasteiger partial charge is 0.313 e. The summed E-state index contributed by atoms with van der Waals surface area (Å²) in [7, 11) is 1.29. The van der Waals surface area contributed by atoms with Gasteiger partial charge in [-0.25, -0.2) is 4.39 Å². The fourth-order valence-electron chi connectivity index (χ4n) is 2.16. The predicted molar refractivity (Wildman–Crippen MR) is 66.9 cm³/mol. The van der Waals surface area contributed by atoms with Crippen molar-refractivity contribution in [1.29, 1.82) is 0 Å². The van der Waals surface area contributed by atoms with Gasteiger partial charge in [0.2, 0.25) is 0 Å². The Morgan fingerprint density at radius 1 is 1.58 bits per heavy atom. The van der Waals surface area contributed by atoms with E-state index in [1.165, 1.54) is 13.2 Å². The van der Waals surface area contributed by atoms with E-state index in [0.29, 0.717) is 0 Å². The van der Waals surface area contributed by atoms with E-state index >= 15 is 0 Å². The maximum absolute atomic E-state index is 13.8. The number of nitrogens with zero attached hydrogens (tertiary/aromatic N) is 1. The average molecular weight is 270 g/mol. The summed E-state index contributed by atoms with van der Waals surface area (Å²) < 4.78 is 18.7. The standard InChI is InChI=1S/C12H15FN2O4/c1-19-11-6-9(8(13)5-10(11)15(17)18)14-12(7-16)3-2-4-12/h5-6,14,16H,2-4,7H2,1H3. The molecule has 1 aliphatic carbocycles. The molecule has 0 aromatic heterocycles. The molecule has 0 heterocycles. The van der Waals surface area contributed by atoms with E-state index in [0.717, 1.165) is 25.3 Å². The predicted octanol–water partition coefficient (Wildman–Crippen LogP) is 2.07. The number of nitrogens with one attached hydrogen (secondary N) is 1. The molecule has 7 heteroatoms. The molecule has 0 aliphatic heterocycles. The molecule has 0 atom stereocenters. The first-order valence-corrected chi connectivity index (χ1v) is 5.92. The van der Waals surface area contributed by atoms with E-state index in [9.17, 15) is 19.6 Å². The zero-order valence-corrected chi connectivity index (χ0v) is 10.5. The number of nitro benzene ring substituents is 1. The molecule has 0 amide bonds. The highest BCUT2D eigenvalue weighted by molar-refractivity contribution is 5.60. The summed E-state index contributed by atoms with van der Waals surface area (Å²) in [4.78, 5) is 10.1. The second kappa shape index (κ2) is 5.00. The number of aliphatic hydroxyl groups excluding tert-OH is 1. The van der Waals surface area contributed by atoms with Crippen LogP contribution in [0, 0.1) is 15.9 Å². The quantitative estimate of drug-likeness (QED) is 0.632. The molecule has 0 unspecified atom stereocenters. The zero-order valence-electron chi connectivity index (χ0n) is 10.5. The SMILES string of the molecule is COc1cc(NC2(CO)CCC2)c(F)cc1[N+](=O)[O-]. The highest BCUT2D eigenvalue weighted by Crippen LogP contribution is 2.38. The molecule has 1 aromatic carbocycles. The van der Waals surface area contributed by atoms with Crippen molar-refractivity contribution < 1.29 is 19.2 Å². The molecule has 0 spiro atoms. The summed E-state index contributed by atoms with van der Waals surface area (Å²) in [6.45, 7) is -0.105. The molecule has 6 nitrogen and oxygen atoms in total. The average Bonchev–Trinajstić information content (AvgIpc) is 2.34. The van der Waals surface area contributed by atoms with E-state index in [1.807, 2.05) is 0 Å². The van der Waals surface area contributed by atoms with Gasteiger partial charge in [-0.15, -0.1) is 0 Å². The number of aliphatic hydroxyl groups is 1. The van der Waals surface area contributed by atoms with Crippen molar-refractivity contribution in [3.63, 3.8) is 0 Å². The number of ether oxygens (including phenoxy) is 1. The third-order valence-corrected chi connectivity index (χ3v) is 3.48.